The molecule has 2 aromatic rings. The summed E-state index contributed by atoms with van der Waals surface area (Å²) in [7, 11) is 0. The van der Waals surface area contributed by atoms with Crippen LogP contribution < -0.4 is 9.47 Å². The molecule has 0 fully saturated rings. The summed E-state index contributed by atoms with van der Waals surface area (Å²) >= 11 is 0. The largest absolute Gasteiger partial charge is 0.454 e. The molecule has 0 atom stereocenters. The zero-order valence-electron chi connectivity index (χ0n) is 12.7. The van der Waals surface area contributed by atoms with Gasteiger partial charge in [-0.2, -0.15) is 0 Å². The van der Waals surface area contributed by atoms with Gasteiger partial charge < -0.3 is 14.2 Å². The number of carbonyl (C=O) groups excluding carboxylic acids is 1. The number of esters is 1. The SMILES string of the molecule is O=C1OC(c2ccccc2[N+](=O)[O-])=NC1=Cc1ccc2c(c1)OCO2. The van der Waals surface area contributed by atoms with E-state index in [4.69, 9.17) is 14.2 Å². The average molecular weight is 338 g/mol. The molecule has 0 saturated heterocycles. The quantitative estimate of drug-likeness (QED) is 0.369. The van der Waals surface area contributed by atoms with E-state index in [9.17, 15) is 14.9 Å². The predicted molar refractivity (Wildman–Crippen MR) is 86.3 cm³/mol. The number of para-hydroxylation sites is 1. The van der Waals surface area contributed by atoms with Crippen molar-refractivity contribution in [1.29, 1.82) is 0 Å². The lowest BCUT2D eigenvalue weighted by atomic mass is 10.1. The highest BCUT2D eigenvalue weighted by molar-refractivity contribution is 6.14. The van der Waals surface area contributed by atoms with Crippen LogP contribution >= 0.6 is 0 Å². The Labute approximate surface area is 141 Å². The number of hydrogen-bond donors (Lipinski definition) is 0. The van der Waals surface area contributed by atoms with Crippen LogP contribution in [0.25, 0.3) is 6.08 Å². The Morgan fingerprint density at radius 3 is 2.76 bits per heavy atom. The smallest absolute Gasteiger partial charge is 0.363 e. The van der Waals surface area contributed by atoms with Gasteiger partial charge in [0.1, 0.15) is 5.56 Å². The molecule has 0 spiro atoms. The maximum absolute atomic E-state index is 12.0. The first-order valence-electron chi connectivity index (χ1n) is 7.28. The van der Waals surface area contributed by atoms with Crippen LogP contribution in [-0.2, 0) is 9.53 Å². The van der Waals surface area contributed by atoms with E-state index < -0.39 is 10.9 Å². The van der Waals surface area contributed by atoms with Crippen molar-refractivity contribution in [2.75, 3.05) is 6.79 Å². The number of nitro benzene ring substituents is 1. The van der Waals surface area contributed by atoms with Crippen molar-refractivity contribution < 1.29 is 23.9 Å². The molecule has 0 saturated carbocycles. The molecule has 0 N–H and O–H groups in total. The molecule has 0 bridgehead atoms. The molecule has 2 aliphatic heterocycles. The molecule has 2 aromatic carbocycles. The van der Waals surface area contributed by atoms with Crippen molar-refractivity contribution in [3.63, 3.8) is 0 Å². The monoisotopic (exact) mass is 338 g/mol. The number of fused-ring (bicyclic) bond motifs is 1. The number of ether oxygens (including phenoxy) is 3. The first-order chi connectivity index (χ1) is 12.1. The molecule has 25 heavy (non-hydrogen) atoms. The van der Waals surface area contributed by atoms with E-state index in [1.807, 2.05) is 0 Å². The maximum Gasteiger partial charge on any atom is 0.363 e. The summed E-state index contributed by atoms with van der Waals surface area (Å²) < 4.78 is 15.6. The third-order valence-corrected chi connectivity index (χ3v) is 3.65. The normalized spacial score (nSPS) is 16.7. The van der Waals surface area contributed by atoms with Gasteiger partial charge in [0.15, 0.2) is 17.2 Å². The number of hydrogen-bond acceptors (Lipinski definition) is 7. The van der Waals surface area contributed by atoms with Gasteiger partial charge >= 0.3 is 5.97 Å². The number of aliphatic imine (C=N–C) groups is 1. The van der Waals surface area contributed by atoms with Gasteiger partial charge in [0, 0.05) is 6.07 Å². The van der Waals surface area contributed by atoms with Crippen molar-refractivity contribution in [2.24, 2.45) is 4.99 Å². The molecule has 4 rings (SSSR count). The average Bonchev–Trinajstić information content (AvgIpc) is 3.21. The summed E-state index contributed by atoms with van der Waals surface area (Å²) in [5.74, 6) is 0.430. The van der Waals surface area contributed by atoms with Crippen LogP contribution in [0.15, 0.2) is 53.2 Å². The highest BCUT2D eigenvalue weighted by Gasteiger charge is 2.29. The Morgan fingerprint density at radius 2 is 1.92 bits per heavy atom. The Hall–Kier alpha value is -3.68. The minimum atomic E-state index is -0.675. The van der Waals surface area contributed by atoms with E-state index >= 15 is 0 Å². The van der Waals surface area contributed by atoms with Crippen molar-refractivity contribution >= 4 is 23.6 Å². The molecule has 2 aliphatic rings. The molecule has 0 radical (unpaired) electrons. The summed E-state index contributed by atoms with van der Waals surface area (Å²) in [6, 6.07) is 11.1. The van der Waals surface area contributed by atoms with Gasteiger partial charge in [0.05, 0.1) is 4.92 Å². The molecular formula is C17H10N2O6. The third-order valence-electron chi connectivity index (χ3n) is 3.65. The maximum atomic E-state index is 12.0. The van der Waals surface area contributed by atoms with E-state index in [1.54, 1.807) is 24.3 Å². The predicted octanol–water partition coefficient (Wildman–Crippen LogP) is 2.67. The van der Waals surface area contributed by atoms with Crippen LogP contribution in [0.4, 0.5) is 5.69 Å². The van der Waals surface area contributed by atoms with Crippen molar-refractivity contribution in [3.05, 3.63) is 69.4 Å². The second-order valence-corrected chi connectivity index (χ2v) is 5.22. The lowest BCUT2D eigenvalue weighted by Crippen LogP contribution is -2.07. The van der Waals surface area contributed by atoms with E-state index in [0.717, 1.165) is 0 Å². The molecule has 0 aliphatic carbocycles. The molecule has 0 amide bonds. The van der Waals surface area contributed by atoms with Gasteiger partial charge in [-0.3, -0.25) is 10.1 Å². The highest BCUT2D eigenvalue weighted by atomic mass is 16.7. The standard InChI is InChI=1S/C17H10N2O6/c20-17-12(7-10-5-6-14-15(8-10)24-9-23-14)18-16(25-17)11-3-1-2-4-13(11)19(21)22/h1-8H,9H2. The fourth-order valence-corrected chi connectivity index (χ4v) is 2.50. The molecular weight excluding hydrogens is 328 g/mol. The van der Waals surface area contributed by atoms with Crippen LogP contribution in [0.2, 0.25) is 0 Å². The third kappa shape index (κ3) is 2.69. The van der Waals surface area contributed by atoms with Crippen molar-refractivity contribution in [3.8, 4) is 11.5 Å². The summed E-state index contributed by atoms with van der Waals surface area (Å²) in [5, 5.41) is 11.1. The zero-order chi connectivity index (χ0) is 17.4. The molecule has 2 heterocycles. The Bertz CT molecular complexity index is 963. The lowest BCUT2D eigenvalue weighted by Gasteiger charge is -2.00. The van der Waals surface area contributed by atoms with Gasteiger partial charge in [-0.15, -0.1) is 0 Å². The Kier molecular flexibility index (Phi) is 3.42. The Balaban J connectivity index is 1.70. The van der Waals surface area contributed by atoms with Crippen LogP contribution in [0.1, 0.15) is 11.1 Å². The summed E-state index contributed by atoms with van der Waals surface area (Å²) in [4.78, 5) is 26.7. The molecule has 0 unspecified atom stereocenters. The van der Waals surface area contributed by atoms with Crippen LogP contribution in [0.5, 0.6) is 11.5 Å². The molecule has 124 valence electrons. The minimum absolute atomic E-state index is 0.0482. The molecule has 8 heteroatoms. The van der Waals surface area contributed by atoms with Crippen molar-refractivity contribution in [2.45, 2.75) is 0 Å². The van der Waals surface area contributed by atoms with Gasteiger partial charge in [0.25, 0.3) is 5.69 Å². The number of cyclic esters (lactones) is 1. The highest BCUT2D eigenvalue weighted by Crippen LogP contribution is 2.33. The fraction of sp³-hybridized carbons (Fsp3) is 0.0588. The van der Waals surface area contributed by atoms with Crippen LogP contribution in [-0.4, -0.2) is 23.6 Å². The lowest BCUT2D eigenvalue weighted by molar-refractivity contribution is -0.385. The second-order valence-electron chi connectivity index (χ2n) is 5.22. The van der Waals surface area contributed by atoms with Crippen LogP contribution in [0, 0.1) is 10.1 Å². The number of carbonyl (C=O) groups is 1. The van der Waals surface area contributed by atoms with Gasteiger partial charge in [-0.25, -0.2) is 9.79 Å². The number of benzene rings is 2. The van der Waals surface area contributed by atoms with E-state index in [0.29, 0.717) is 17.1 Å². The fourth-order valence-electron chi connectivity index (χ4n) is 2.50. The van der Waals surface area contributed by atoms with Gasteiger partial charge in [-0.1, -0.05) is 18.2 Å². The topological polar surface area (TPSA) is 100 Å². The molecule has 8 nitrogen and oxygen atoms in total. The van der Waals surface area contributed by atoms with Gasteiger partial charge in [-0.05, 0) is 29.8 Å². The number of nitro groups is 1. The summed E-state index contributed by atoms with van der Waals surface area (Å²) in [5.41, 5.74) is 0.684. The van der Waals surface area contributed by atoms with E-state index in [1.165, 1.54) is 24.3 Å². The first-order valence-corrected chi connectivity index (χ1v) is 7.28. The zero-order valence-corrected chi connectivity index (χ0v) is 12.7. The number of nitrogens with zero attached hydrogens (tertiary/aromatic N) is 2. The van der Waals surface area contributed by atoms with E-state index in [2.05, 4.69) is 4.99 Å². The first kappa shape index (κ1) is 14.9. The Morgan fingerprint density at radius 1 is 1.12 bits per heavy atom. The van der Waals surface area contributed by atoms with E-state index in [-0.39, 0.29) is 29.6 Å². The number of rotatable bonds is 3. The van der Waals surface area contributed by atoms with Crippen molar-refractivity contribution in [1.82, 2.24) is 0 Å². The second kappa shape index (κ2) is 5.75. The summed E-state index contributed by atoms with van der Waals surface area (Å²) in [6.45, 7) is 0.150. The molecule has 0 aromatic heterocycles. The van der Waals surface area contributed by atoms with Crippen LogP contribution in [0.3, 0.4) is 0 Å². The summed E-state index contributed by atoms with van der Waals surface area (Å²) in [6.07, 6.45) is 1.52. The minimum Gasteiger partial charge on any atom is -0.454 e. The van der Waals surface area contributed by atoms with Gasteiger partial charge in [0.2, 0.25) is 12.7 Å².